The van der Waals surface area contributed by atoms with Gasteiger partial charge in [0.1, 0.15) is 0 Å². The van der Waals surface area contributed by atoms with E-state index in [2.05, 4.69) is 5.32 Å². The van der Waals surface area contributed by atoms with E-state index in [9.17, 15) is 4.79 Å². The zero-order valence-electron chi connectivity index (χ0n) is 12.5. The summed E-state index contributed by atoms with van der Waals surface area (Å²) in [5.74, 6) is 0. The molecular weight excluding hydrogens is 260 g/mol. The van der Waals surface area contributed by atoms with Crippen LogP contribution in [0, 0.1) is 0 Å². The SMILES string of the molecule is Cn1c(-c2ccccc2)ccc(CNC2CCCC2)c1=O. The number of benzene rings is 1. The van der Waals surface area contributed by atoms with Crippen molar-refractivity contribution in [1.82, 2.24) is 9.88 Å². The van der Waals surface area contributed by atoms with E-state index < -0.39 is 0 Å². The highest BCUT2D eigenvalue weighted by molar-refractivity contribution is 5.59. The van der Waals surface area contributed by atoms with Gasteiger partial charge in [-0.15, -0.1) is 0 Å². The van der Waals surface area contributed by atoms with Crippen LogP contribution in [0.5, 0.6) is 0 Å². The van der Waals surface area contributed by atoms with E-state index in [0.29, 0.717) is 12.6 Å². The van der Waals surface area contributed by atoms with Crippen molar-refractivity contribution in [1.29, 1.82) is 0 Å². The van der Waals surface area contributed by atoms with Crippen LogP contribution in [0.25, 0.3) is 11.3 Å². The second-order valence-corrected chi connectivity index (χ2v) is 5.84. The molecule has 0 saturated heterocycles. The topological polar surface area (TPSA) is 34.0 Å². The van der Waals surface area contributed by atoms with Crippen LogP contribution in [0.4, 0.5) is 0 Å². The molecule has 1 saturated carbocycles. The Morgan fingerprint density at radius 2 is 1.81 bits per heavy atom. The normalized spacial score (nSPS) is 15.5. The number of pyridine rings is 1. The van der Waals surface area contributed by atoms with Gasteiger partial charge in [0.05, 0.1) is 5.69 Å². The fourth-order valence-electron chi connectivity index (χ4n) is 3.10. The van der Waals surface area contributed by atoms with Crippen LogP contribution >= 0.6 is 0 Å². The first kappa shape index (κ1) is 14.1. The van der Waals surface area contributed by atoms with Gasteiger partial charge in [-0.05, 0) is 24.5 Å². The lowest BCUT2D eigenvalue weighted by Gasteiger charge is -2.14. The third-order valence-electron chi connectivity index (χ3n) is 4.39. The maximum atomic E-state index is 12.5. The molecule has 0 amide bonds. The smallest absolute Gasteiger partial charge is 0.255 e. The molecule has 3 rings (SSSR count). The van der Waals surface area contributed by atoms with E-state index >= 15 is 0 Å². The van der Waals surface area contributed by atoms with Crippen LogP contribution in [-0.4, -0.2) is 10.6 Å². The highest BCUT2D eigenvalue weighted by Gasteiger charge is 2.15. The molecule has 1 aromatic heterocycles. The largest absolute Gasteiger partial charge is 0.311 e. The Labute approximate surface area is 125 Å². The van der Waals surface area contributed by atoms with Crippen LogP contribution in [0.15, 0.2) is 47.3 Å². The molecule has 110 valence electrons. The molecule has 1 aromatic carbocycles. The summed E-state index contributed by atoms with van der Waals surface area (Å²) in [5, 5.41) is 3.51. The number of nitrogens with one attached hydrogen (secondary N) is 1. The third kappa shape index (κ3) is 3.08. The standard InChI is InChI=1S/C18H22N2O/c1-20-17(14-7-3-2-4-8-14)12-11-15(18(20)21)13-19-16-9-5-6-10-16/h2-4,7-8,11-12,16,19H,5-6,9-10,13H2,1H3. The Morgan fingerprint density at radius 1 is 1.10 bits per heavy atom. The fraction of sp³-hybridized carbons (Fsp3) is 0.389. The maximum Gasteiger partial charge on any atom is 0.255 e. The molecular formula is C18H22N2O. The van der Waals surface area contributed by atoms with Crippen molar-refractivity contribution in [2.45, 2.75) is 38.3 Å². The summed E-state index contributed by atoms with van der Waals surface area (Å²) < 4.78 is 1.75. The molecule has 3 heteroatoms. The first-order valence-corrected chi connectivity index (χ1v) is 7.73. The minimum atomic E-state index is 0.0989. The molecule has 2 aromatic rings. The third-order valence-corrected chi connectivity index (χ3v) is 4.39. The van der Waals surface area contributed by atoms with E-state index in [1.54, 1.807) is 4.57 Å². The average Bonchev–Trinajstić information content (AvgIpc) is 3.03. The lowest BCUT2D eigenvalue weighted by molar-refractivity contribution is 0.521. The Bertz CT molecular complexity index is 655. The number of hydrogen-bond acceptors (Lipinski definition) is 2. The summed E-state index contributed by atoms with van der Waals surface area (Å²) >= 11 is 0. The first-order chi connectivity index (χ1) is 10.3. The van der Waals surface area contributed by atoms with Crippen molar-refractivity contribution in [3.63, 3.8) is 0 Å². The number of nitrogens with zero attached hydrogens (tertiary/aromatic N) is 1. The quantitative estimate of drug-likeness (QED) is 0.935. The van der Waals surface area contributed by atoms with E-state index in [1.165, 1.54) is 25.7 Å². The van der Waals surface area contributed by atoms with Crippen LogP contribution in [0.1, 0.15) is 31.2 Å². The van der Waals surface area contributed by atoms with Gasteiger partial charge < -0.3 is 9.88 Å². The summed E-state index contributed by atoms with van der Waals surface area (Å²) in [6, 6.07) is 14.6. The molecule has 0 spiro atoms. The summed E-state index contributed by atoms with van der Waals surface area (Å²) in [5.41, 5.74) is 2.99. The van der Waals surface area contributed by atoms with Crippen LogP contribution in [0.3, 0.4) is 0 Å². The lowest BCUT2D eigenvalue weighted by atomic mass is 10.1. The van der Waals surface area contributed by atoms with Gasteiger partial charge in [0.15, 0.2) is 0 Å². The summed E-state index contributed by atoms with van der Waals surface area (Å²) in [6.45, 7) is 0.673. The first-order valence-electron chi connectivity index (χ1n) is 7.73. The summed E-state index contributed by atoms with van der Waals surface area (Å²) in [4.78, 5) is 12.5. The lowest BCUT2D eigenvalue weighted by Crippen LogP contribution is -2.30. The molecule has 1 fully saturated rings. The van der Waals surface area contributed by atoms with Crippen molar-refractivity contribution in [3.05, 3.63) is 58.4 Å². The maximum absolute atomic E-state index is 12.5. The van der Waals surface area contributed by atoms with Crippen molar-refractivity contribution < 1.29 is 0 Å². The summed E-state index contributed by atoms with van der Waals surface area (Å²) in [6.07, 6.45) is 5.09. The fourth-order valence-corrected chi connectivity index (χ4v) is 3.10. The zero-order chi connectivity index (χ0) is 14.7. The molecule has 3 nitrogen and oxygen atoms in total. The molecule has 1 aliphatic rings. The Balaban J connectivity index is 1.81. The van der Waals surface area contributed by atoms with E-state index in [0.717, 1.165) is 16.8 Å². The molecule has 0 radical (unpaired) electrons. The zero-order valence-corrected chi connectivity index (χ0v) is 12.5. The Morgan fingerprint density at radius 3 is 2.52 bits per heavy atom. The summed E-state index contributed by atoms with van der Waals surface area (Å²) in [7, 11) is 1.85. The van der Waals surface area contributed by atoms with Crippen LogP contribution in [0.2, 0.25) is 0 Å². The van der Waals surface area contributed by atoms with Crippen molar-refractivity contribution >= 4 is 0 Å². The number of aromatic nitrogens is 1. The monoisotopic (exact) mass is 282 g/mol. The molecule has 0 unspecified atom stereocenters. The van der Waals surface area contributed by atoms with Crippen molar-refractivity contribution in [3.8, 4) is 11.3 Å². The van der Waals surface area contributed by atoms with Gasteiger partial charge in [-0.1, -0.05) is 49.2 Å². The van der Waals surface area contributed by atoms with Gasteiger partial charge in [0, 0.05) is 25.2 Å². The molecule has 1 aliphatic carbocycles. The van der Waals surface area contributed by atoms with E-state index in [4.69, 9.17) is 0 Å². The Hall–Kier alpha value is -1.87. The Kier molecular flexibility index (Phi) is 4.20. The second-order valence-electron chi connectivity index (χ2n) is 5.84. The molecule has 0 aliphatic heterocycles. The molecule has 1 heterocycles. The van der Waals surface area contributed by atoms with Gasteiger partial charge in [0.25, 0.3) is 5.56 Å². The van der Waals surface area contributed by atoms with Crippen LogP contribution < -0.4 is 10.9 Å². The second kappa shape index (κ2) is 6.27. The van der Waals surface area contributed by atoms with E-state index in [-0.39, 0.29) is 5.56 Å². The van der Waals surface area contributed by atoms with E-state index in [1.807, 2.05) is 49.5 Å². The van der Waals surface area contributed by atoms with Gasteiger partial charge >= 0.3 is 0 Å². The van der Waals surface area contributed by atoms with Gasteiger partial charge in [-0.25, -0.2) is 0 Å². The number of rotatable bonds is 4. The minimum absolute atomic E-state index is 0.0989. The highest BCUT2D eigenvalue weighted by Crippen LogP contribution is 2.19. The number of hydrogen-bond donors (Lipinski definition) is 1. The van der Waals surface area contributed by atoms with Crippen LogP contribution in [-0.2, 0) is 13.6 Å². The van der Waals surface area contributed by atoms with Crippen molar-refractivity contribution in [2.24, 2.45) is 7.05 Å². The molecule has 21 heavy (non-hydrogen) atoms. The van der Waals surface area contributed by atoms with Gasteiger partial charge in [0.2, 0.25) is 0 Å². The highest BCUT2D eigenvalue weighted by atomic mass is 16.1. The molecule has 0 atom stereocenters. The van der Waals surface area contributed by atoms with Gasteiger partial charge in [-0.2, -0.15) is 0 Å². The molecule has 1 N–H and O–H groups in total. The van der Waals surface area contributed by atoms with Crippen molar-refractivity contribution in [2.75, 3.05) is 0 Å². The predicted molar refractivity (Wildman–Crippen MR) is 86.2 cm³/mol. The van der Waals surface area contributed by atoms with Gasteiger partial charge in [-0.3, -0.25) is 4.79 Å². The predicted octanol–water partition coefficient (Wildman–Crippen LogP) is 3.08. The minimum Gasteiger partial charge on any atom is -0.311 e. The molecule has 0 bridgehead atoms. The average molecular weight is 282 g/mol.